The number of benzene rings is 2. The largest absolute Gasteiger partial charge is 0.379 e. The van der Waals surface area contributed by atoms with Gasteiger partial charge in [0, 0.05) is 38.0 Å². The van der Waals surface area contributed by atoms with Crippen molar-refractivity contribution < 1.29 is 17.9 Å². The van der Waals surface area contributed by atoms with Crippen LogP contribution in [0.25, 0.3) is 0 Å². The molecule has 0 radical (unpaired) electrons. The molecule has 3 rings (SSSR count). The van der Waals surface area contributed by atoms with Crippen LogP contribution in [0, 0.1) is 0 Å². The standard InChI is InChI=1S/C20H23ClN2O4S/c1-28(25,26)19-12-17(5-6-18(19)21)20(24)22-13-15-3-2-4-16(11-15)14-23-7-9-27-10-8-23/h2-6,11-12H,7-10,13-14H2,1H3,(H,22,24). The lowest BCUT2D eigenvalue weighted by molar-refractivity contribution is 0.0342. The van der Waals surface area contributed by atoms with Crippen LogP contribution in [-0.2, 0) is 27.7 Å². The van der Waals surface area contributed by atoms with Crippen LogP contribution in [-0.4, -0.2) is 51.8 Å². The van der Waals surface area contributed by atoms with Crippen LogP contribution in [0.3, 0.4) is 0 Å². The van der Waals surface area contributed by atoms with E-state index in [-0.39, 0.29) is 21.4 Å². The van der Waals surface area contributed by atoms with Gasteiger partial charge in [0.05, 0.1) is 23.1 Å². The van der Waals surface area contributed by atoms with E-state index in [1.54, 1.807) is 0 Å². The maximum Gasteiger partial charge on any atom is 0.251 e. The van der Waals surface area contributed by atoms with Gasteiger partial charge < -0.3 is 10.1 Å². The fourth-order valence-electron chi connectivity index (χ4n) is 3.07. The first-order valence-electron chi connectivity index (χ1n) is 8.98. The summed E-state index contributed by atoms with van der Waals surface area (Å²) in [6, 6.07) is 12.3. The van der Waals surface area contributed by atoms with Gasteiger partial charge in [-0.3, -0.25) is 9.69 Å². The average Bonchev–Trinajstić information content (AvgIpc) is 2.67. The Kier molecular flexibility index (Phi) is 6.72. The van der Waals surface area contributed by atoms with E-state index < -0.39 is 9.84 Å². The van der Waals surface area contributed by atoms with Gasteiger partial charge >= 0.3 is 0 Å². The number of rotatable bonds is 6. The molecule has 1 N–H and O–H groups in total. The molecule has 1 fully saturated rings. The predicted molar refractivity (Wildman–Crippen MR) is 108 cm³/mol. The van der Waals surface area contributed by atoms with E-state index in [0.717, 1.165) is 44.7 Å². The van der Waals surface area contributed by atoms with E-state index in [2.05, 4.69) is 22.3 Å². The van der Waals surface area contributed by atoms with Crippen LogP contribution < -0.4 is 5.32 Å². The van der Waals surface area contributed by atoms with Crippen molar-refractivity contribution in [2.24, 2.45) is 0 Å². The van der Waals surface area contributed by atoms with Crippen LogP contribution >= 0.6 is 11.6 Å². The fourth-order valence-corrected chi connectivity index (χ4v) is 4.37. The summed E-state index contributed by atoms with van der Waals surface area (Å²) >= 11 is 5.93. The van der Waals surface area contributed by atoms with Crippen LogP contribution in [0.5, 0.6) is 0 Å². The number of carbonyl (C=O) groups is 1. The number of nitrogens with one attached hydrogen (secondary N) is 1. The Morgan fingerprint density at radius 3 is 2.57 bits per heavy atom. The molecule has 0 bridgehead atoms. The molecule has 6 nitrogen and oxygen atoms in total. The van der Waals surface area contributed by atoms with Crippen molar-refractivity contribution >= 4 is 27.3 Å². The summed E-state index contributed by atoms with van der Waals surface area (Å²) in [5, 5.41) is 2.94. The van der Waals surface area contributed by atoms with Crippen molar-refractivity contribution in [2.45, 2.75) is 18.0 Å². The molecule has 1 aliphatic heterocycles. The highest BCUT2D eigenvalue weighted by Crippen LogP contribution is 2.22. The Balaban J connectivity index is 1.64. The summed E-state index contributed by atoms with van der Waals surface area (Å²) in [5.74, 6) is -0.347. The summed E-state index contributed by atoms with van der Waals surface area (Å²) in [4.78, 5) is 14.7. The zero-order valence-corrected chi connectivity index (χ0v) is 17.2. The van der Waals surface area contributed by atoms with E-state index in [1.165, 1.54) is 23.8 Å². The number of morpholine rings is 1. The molecule has 1 amide bonds. The predicted octanol–water partition coefficient (Wildman–Crippen LogP) is 2.51. The second kappa shape index (κ2) is 9.05. The minimum Gasteiger partial charge on any atom is -0.379 e. The second-order valence-electron chi connectivity index (χ2n) is 6.81. The summed E-state index contributed by atoms with van der Waals surface area (Å²) in [6.07, 6.45) is 1.07. The number of ether oxygens (including phenoxy) is 1. The van der Waals surface area contributed by atoms with Crippen molar-refractivity contribution in [1.82, 2.24) is 10.2 Å². The quantitative estimate of drug-likeness (QED) is 0.774. The van der Waals surface area contributed by atoms with E-state index in [4.69, 9.17) is 16.3 Å². The first-order chi connectivity index (χ1) is 13.3. The van der Waals surface area contributed by atoms with Gasteiger partial charge in [-0.2, -0.15) is 0 Å². The molecule has 0 spiro atoms. The molecule has 2 aromatic carbocycles. The molecule has 0 aromatic heterocycles. The molecule has 8 heteroatoms. The lowest BCUT2D eigenvalue weighted by atomic mass is 10.1. The zero-order chi connectivity index (χ0) is 20.1. The van der Waals surface area contributed by atoms with E-state index >= 15 is 0 Å². The highest BCUT2D eigenvalue weighted by Gasteiger charge is 2.16. The highest BCUT2D eigenvalue weighted by molar-refractivity contribution is 7.90. The number of nitrogens with zero attached hydrogens (tertiary/aromatic N) is 1. The lowest BCUT2D eigenvalue weighted by Crippen LogP contribution is -2.35. The van der Waals surface area contributed by atoms with E-state index in [9.17, 15) is 13.2 Å². The Bertz CT molecular complexity index is 956. The van der Waals surface area contributed by atoms with E-state index in [1.807, 2.05) is 12.1 Å². The number of hydrogen-bond donors (Lipinski definition) is 1. The first-order valence-corrected chi connectivity index (χ1v) is 11.3. The lowest BCUT2D eigenvalue weighted by Gasteiger charge is -2.26. The number of carbonyl (C=O) groups excluding carboxylic acids is 1. The zero-order valence-electron chi connectivity index (χ0n) is 15.7. The number of halogens is 1. The SMILES string of the molecule is CS(=O)(=O)c1cc(C(=O)NCc2cccc(CN3CCOCC3)c2)ccc1Cl. The Hall–Kier alpha value is -1.93. The van der Waals surface area contributed by atoms with Gasteiger partial charge in [0.2, 0.25) is 0 Å². The van der Waals surface area contributed by atoms with Crippen molar-refractivity contribution in [1.29, 1.82) is 0 Å². The molecule has 0 atom stereocenters. The van der Waals surface area contributed by atoms with Gasteiger partial charge in [-0.1, -0.05) is 35.9 Å². The van der Waals surface area contributed by atoms with E-state index in [0.29, 0.717) is 6.54 Å². The van der Waals surface area contributed by atoms with Gasteiger partial charge in [0.1, 0.15) is 0 Å². The summed E-state index contributed by atoms with van der Waals surface area (Å²) in [6.45, 7) is 4.55. The van der Waals surface area contributed by atoms with Crippen molar-refractivity contribution in [3.05, 3.63) is 64.2 Å². The van der Waals surface area contributed by atoms with Crippen LogP contribution in [0.2, 0.25) is 5.02 Å². The Morgan fingerprint density at radius 1 is 1.14 bits per heavy atom. The smallest absolute Gasteiger partial charge is 0.251 e. The van der Waals surface area contributed by atoms with Crippen molar-refractivity contribution in [2.75, 3.05) is 32.6 Å². The monoisotopic (exact) mass is 422 g/mol. The van der Waals surface area contributed by atoms with Crippen molar-refractivity contribution in [3.63, 3.8) is 0 Å². The van der Waals surface area contributed by atoms with Gasteiger partial charge in [0.15, 0.2) is 9.84 Å². The third kappa shape index (κ3) is 5.54. The first kappa shape index (κ1) is 20.8. The molecule has 1 heterocycles. The number of sulfone groups is 1. The molecule has 0 aliphatic carbocycles. The molecule has 1 saturated heterocycles. The highest BCUT2D eigenvalue weighted by atomic mass is 35.5. The second-order valence-corrected chi connectivity index (χ2v) is 9.20. The third-order valence-corrected chi connectivity index (χ3v) is 6.13. The Morgan fingerprint density at radius 2 is 1.86 bits per heavy atom. The summed E-state index contributed by atoms with van der Waals surface area (Å²) in [7, 11) is -3.50. The normalized spacial score (nSPS) is 15.4. The summed E-state index contributed by atoms with van der Waals surface area (Å²) < 4.78 is 28.9. The number of hydrogen-bond acceptors (Lipinski definition) is 5. The van der Waals surface area contributed by atoms with Crippen molar-refractivity contribution in [3.8, 4) is 0 Å². The number of amides is 1. The fraction of sp³-hybridized carbons (Fsp3) is 0.350. The van der Waals surface area contributed by atoms with Crippen LogP contribution in [0.4, 0.5) is 0 Å². The average molecular weight is 423 g/mol. The maximum absolute atomic E-state index is 12.4. The molecule has 0 unspecified atom stereocenters. The van der Waals surface area contributed by atoms with Gasteiger partial charge in [-0.15, -0.1) is 0 Å². The van der Waals surface area contributed by atoms with Gasteiger partial charge in [0.25, 0.3) is 5.91 Å². The topological polar surface area (TPSA) is 75.7 Å². The molecule has 1 aliphatic rings. The minimum absolute atomic E-state index is 0.0469. The Labute approximate surface area is 170 Å². The molecular weight excluding hydrogens is 400 g/mol. The van der Waals surface area contributed by atoms with Crippen LogP contribution in [0.15, 0.2) is 47.4 Å². The minimum atomic E-state index is -3.50. The third-order valence-electron chi connectivity index (χ3n) is 4.55. The molecule has 28 heavy (non-hydrogen) atoms. The summed E-state index contributed by atoms with van der Waals surface area (Å²) in [5.41, 5.74) is 2.42. The van der Waals surface area contributed by atoms with Gasteiger partial charge in [-0.25, -0.2) is 8.42 Å². The molecule has 0 saturated carbocycles. The molecular formula is C20H23ClN2O4S. The maximum atomic E-state index is 12.4. The van der Waals surface area contributed by atoms with Crippen LogP contribution in [0.1, 0.15) is 21.5 Å². The van der Waals surface area contributed by atoms with Gasteiger partial charge in [-0.05, 0) is 29.3 Å². The molecule has 150 valence electrons. The molecule has 2 aromatic rings.